The zero-order chi connectivity index (χ0) is 33.3. The molecular formula is C35H34BrN3O7S2. The number of thiazole rings is 1. The molecule has 3 aromatic rings. The molecule has 4 fully saturated rings. The van der Waals surface area contributed by atoms with Crippen LogP contribution in [0.4, 0.5) is 5.69 Å². The summed E-state index contributed by atoms with van der Waals surface area (Å²) in [6.07, 6.45) is 3.87. The number of likely N-dealkylation sites (tertiary alicyclic amines) is 1. The van der Waals surface area contributed by atoms with Gasteiger partial charge >= 0.3 is 10.8 Å². The summed E-state index contributed by atoms with van der Waals surface area (Å²) in [6.45, 7) is 3.39. The number of piperidine rings is 1. The van der Waals surface area contributed by atoms with Crippen molar-refractivity contribution in [2.24, 2.45) is 29.6 Å². The number of nitrogens with one attached hydrogen (secondary N) is 1. The molecule has 5 aliphatic rings. The molecule has 3 aliphatic heterocycles. The largest absolute Gasteiger partial charge is 0.483 e. The number of halogens is 1. The van der Waals surface area contributed by atoms with Gasteiger partial charge in [0.15, 0.2) is 6.61 Å². The van der Waals surface area contributed by atoms with Gasteiger partial charge in [-0.2, -0.15) is 0 Å². The van der Waals surface area contributed by atoms with E-state index >= 15 is 0 Å². The first-order valence-electron chi connectivity index (χ1n) is 16.5. The van der Waals surface area contributed by atoms with Crippen LogP contribution in [0.5, 0.6) is 5.75 Å². The second kappa shape index (κ2) is 12.5. The Kier molecular flexibility index (Phi) is 8.27. The molecule has 0 radical (unpaired) electrons. The summed E-state index contributed by atoms with van der Waals surface area (Å²) in [7, 11) is 0. The molecule has 48 heavy (non-hydrogen) atoms. The maximum atomic E-state index is 14.2. The molecule has 2 bridgehead atoms. The molecule has 4 heterocycles. The number of hydrogen-bond donors (Lipinski definition) is 1. The number of anilines is 1. The zero-order valence-electron chi connectivity index (χ0n) is 26.2. The quantitative estimate of drug-likeness (QED) is 0.250. The number of benzene rings is 2. The lowest BCUT2D eigenvalue weighted by atomic mass is 9.68. The van der Waals surface area contributed by atoms with Crippen LogP contribution in [0.2, 0.25) is 0 Å². The van der Waals surface area contributed by atoms with Crippen molar-refractivity contribution in [1.29, 1.82) is 0 Å². The van der Waals surface area contributed by atoms with Gasteiger partial charge in [-0.15, -0.1) is 11.8 Å². The molecule has 0 spiro atoms. The molecule has 2 aliphatic carbocycles. The third kappa shape index (κ3) is 5.15. The summed E-state index contributed by atoms with van der Waals surface area (Å²) in [5.41, 5.74) is 1.67. The number of thioether (sulfide) groups is 1. The number of H-pyrrole nitrogens is 1. The van der Waals surface area contributed by atoms with Gasteiger partial charge in [-0.1, -0.05) is 27.3 Å². The number of amides is 3. The van der Waals surface area contributed by atoms with Crippen LogP contribution in [-0.4, -0.2) is 65.1 Å². The van der Waals surface area contributed by atoms with Gasteiger partial charge in [0.25, 0.3) is 5.91 Å². The van der Waals surface area contributed by atoms with E-state index in [4.69, 9.17) is 9.47 Å². The summed E-state index contributed by atoms with van der Waals surface area (Å²) >= 11 is 6.45. The number of ether oxygens (including phenoxy) is 2. The van der Waals surface area contributed by atoms with Gasteiger partial charge in [-0.25, -0.2) is 4.79 Å². The summed E-state index contributed by atoms with van der Waals surface area (Å²) < 4.78 is 12.2. The zero-order valence-corrected chi connectivity index (χ0v) is 29.4. The molecular weight excluding hydrogens is 718 g/mol. The number of hydrogen-bond acceptors (Lipinski definition) is 9. The normalized spacial score (nSPS) is 28.7. The summed E-state index contributed by atoms with van der Waals surface area (Å²) in [5, 5.41) is 0.808. The number of rotatable bonds is 7. The van der Waals surface area contributed by atoms with Gasteiger partial charge in [0.05, 0.1) is 34.7 Å². The standard InChI is InChI=1S/C35H34BrN3O7S2/c1-2-45-34(43)17-6-9-19(10-7-17)39-32(41)27-21-15-22(28(27)33(39)42)29-26(21)25(30-31(47-29)37-35(44)48-30)20-14-18(36)8-11-23(20)46-16-24(40)38-12-4-3-5-13-38/h6-11,14,21-22,25-29H,2-5,12-13,15-16H2,1H3,(H,37,44)/t21?,22?,25-,26?,27?,28?,29?/m1/s1. The molecule has 6 unspecified atom stereocenters. The van der Waals surface area contributed by atoms with E-state index in [0.29, 0.717) is 17.0 Å². The Hall–Kier alpha value is -3.42. The van der Waals surface area contributed by atoms with E-state index in [-0.39, 0.29) is 64.7 Å². The van der Waals surface area contributed by atoms with Crippen LogP contribution < -0.4 is 14.5 Å². The first-order chi connectivity index (χ1) is 23.2. The molecule has 2 saturated heterocycles. The minimum absolute atomic E-state index is 0.00343. The number of aromatic amines is 1. The minimum atomic E-state index is -0.481. The number of aromatic nitrogens is 1. The maximum absolute atomic E-state index is 14.2. The Balaban J connectivity index is 1.13. The van der Waals surface area contributed by atoms with E-state index in [1.165, 1.54) is 16.2 Å². The van der Waals surface area contributed by atoms with E-state index in [9.17, 15) is 24.0 Å². The monoisotopic (exact) mass is 751 g/mol. The highest BCUT2D eigenvalue weighted by atomic mass is 79.9. The lowest BCUT2D eigenvalue weighted by Gasteiger charge is -2.43. The molecule has 8 rings (SSSR count). The predicted molar refractivity (Wildman–Crippen MR) is 183 cm³/mol. The van der Waals surface area contributed by atoms with Gasteiger partial charge in [-0.05, 0) is 92.8 Å². The molecule has 2 saturated carbocycles. The van der Waals surface area contributed by atoms with E-state index in [1.54, 1.807) is 43.0 Å². The summed E-state index contributed by atoms with van der Waals surface area (Å²) in [5.74, 6) is -1.69. The van der Waals surface area contributed by atoms with E-state index < -0.39 is 17.8 Å². The van der Waals surface area contributed by atoms with Crippen LogP contribution in [0.3, 0.4) is 0 Å². The highest BCUT2D eigenvalue weighted by Crippen LogP contribution is 2.69. The number of nitrogens with zero attached hydrogens (tertiary/aromatic N) is 2. The molecule has 10 nitrogen and oxygen atoms in total. The van der Waals surface area contributed by atoms with E-state index in [0.717, 1.165) is 58.7 Å². The molecule has 3 amide bonds. The topological polar surface area (TPSA) is 126 Å². The minimum Gasteiger partial charge on any atom is -0.483 e. The van der Waals surface area contributed by atoms with E-state index in [2.05, 4.69) is 20.9 Å². The van der Waals surface area contributed by atoms with Crippen molar-refractivity contribution in [2.45, 2.75) is 48.8 Å². The second-order valence-corrected chi connectivity index (χ2v) is 16.3. The Morgan fingerprint density at radius 1 is 0.979 bits per heavy atom. The van der Waals surface area contributed by atoms with Crippen molar-refractivity contribution in [3.8, 4) is 5.75 Å². The van der Waals surface area contributed by atoms with Gasteiger partial charge in [0.2, 0.25) is 11.8 Å². The fourth-order valence-corrected chi connectivity index (χ4v) is 12.1. The average Bonchev–Trinajstić information content (AvgIpc) is 3.83. The summed E-state index contributed by atoms with van der Waals surface area (Å²) in [6, 6.07) is 12.2. The fourth-order valence-electron chi connectivity index (χ4n) is 8.85. The Morgan fingerprint density at radius 3 is 2.44 bits per heavy atom. The number of imide groups is 1. The lowest BCUT2D eigenvalue weighted by molar-refractivity contribution is -0.134. The average molecular weight is 753 g/mol. The van der Waals surface area contributed by atoms with Crippen molar-refractivity contribution in [3.63, 3.8) is 0 Å². The number of fused-ring (bicyclic) bond motifs is 9. The first kappa shape index (κ1) is 31.8. The maximum Gasteiger partial charge on any atom is 0.338 e. The first-order valence-corrected chi connectivity index (χ1v) is 19.0. The third-order valence-corrected chi connectivity index (χ3v) is 13.8. The van der Waals surface area contributed by atoms with E-state index in [1.807, 2.05) is 23.1 Å². The van der Waals surface area contributed by atoms with Gasteiger partial charge in [0, 0.05) is 39.2 Å². The molecule has 7 atom stereocenters. The van der Waals surface area contributed by atoms with Crippen LogP contribution in [0.1, 0.15) is 59.3 Å². The Morgan fingerprint density at radius 2 is 1.71 bits per heavy atom. The van der Waals surface area contributed by atoms with Crippen LogP contribution >= 0.6 is 39.0 Å². The SMILES string of the molecule is CCOC(=O)c1ccc(N2C(=O)C3C4CC(C3C2=O)C2C4Sc3[nH]c(=O)sc3[C@@H]2c2cc(Br)ccc2OCC(=O)N2CCCCC2)cc1. The fraction of sp³-hybridized carbons (Fsp3) is 0.457. The molecule has 250 valence electrons. The molecule has 1 N–H and O–H groups in total. The highest BCUT2D eigenvalue weighted by Gasteiger charge is 2.70. The Labute approximate surface area is 293 Å². The van der Waals surface area contributed by atoms with Crippen LogP contribution in [0.15, 0.2) is 56.8 Å². The van der Waals surface area contributed by atoms with Crippen molar-refractivity contribution in [3.05, 3.63) is 72.6 Å². The number of esters is 1. The number of carbonyl (C=O) groups is 4. The molecule has 1 aromatic heterocycles. The number of carbonyl (C=O) groups excluding carboxylic acids is 4. The van der Waals surface area contributed by atoms with Crippen molar-refractivity contribution < 1.29 is 28.7 Å². The van der Waals surface area contributed by atoms with Crippen LogP contribution in [0.25, 0.3) is 0 Å². The molecule has 2 aromatic carbocycles. The smallest absolute Gasteiger partial charge is 0.338 e. The summed E-state index contributed by atoms with van der Waals surface area (Å²) in [4.78, 5) is 73.3. The predicted octanol–water partition coefficient (Wildman–Crippen LogP) is 5.44. The van der Waals surface area contributed by atoms with Crippen molar-refractivity contribution in [2.75, 3.05) is 31.2 Å². The van der Waals surface area contributed by atoms with Gasteiger partial charge < -0.3 is 19.4 Å². The van der Waals surface area contributed by atoms with Gasteiger partial charge in [0.1, 0.15) is 5.75 Å². The highest BCUT2D eigenvalue weighted by molar-refractivity contribution is 9.10. The van der Waals surface area contributed by atoms with Crippen LogP contribution in [0, 0.1) is 29.6 Å². The lowest BCUT2D eigenvalue weighted by Crippen LogP contribution is -2.43. The molecule has 13 heteroatoms. The van der Waals surface area contributed by atoms with Crippen molar-refractivity contribution in [1.82, 2.24) is 9.88 Å². The Bertz CT molecular complexity index is 1870. The third-order valence-electron chi connectivity index (χ3n) is 10.7. The second-order valence-electron chi connectivity index (χ2n) is 13.2. The van der Waals surface area contributed by atoms with Crippen LogP contribution in [-0.2, 0) is 19.1 Å². The van der Waals surface area contributed by atoms with Gasteiger partial charge in [-0.3, -0.25) is 24.1 Å². The van der Waals surface area contributed by atoms with Crippen molar-refractivity contribution >= 4 is 68.4 Å².